The van der Waals surface area contributed by atoms with Crippen molar-refractivity contribution in [1.82, 2.24) is 14.7 Å². The minimum absolute atomic E-state index is 0.0194. The van der Waals surface area contributed by atoms with E-state index in [1.165, 1.54) is 12.1 Å². The maximum atomic E-state index is 13.5. The number of carboxylic acid groups (broad SMARTS) is 1. The van der Waals surface area contributed by atoms with Gasteiger partial charge in [0, 0.05) is 58.2 Å². The molecule has 0 aliphatic carbocycles. The monoisotopic (exact) mass is 363 g/mol. The summed E-state index contributed by atoms with van der Waals surface area (Å²) in [7, 11) is 2.09. The van der Waals surface area contributed by atoms with E-state index in [2.05, 4.69) is 16.8 Å². The van der Waals surface area contributed by atoms with Crippen LogP contribution in [0, 0.1) is 11.7 Å². The molecule has 3 rings (SSSR count). The number of carbonyl (C=O) groups excluding carboxylic acids is 1. The summed E-state index contributed by atoms with van der Waals surface area (Å²) in [6, 6.07) is 6.04. The number of rotatable bonds is 5. The van der Waals surface area contributed by atoms with Gasteiger partial charge in [-0.05, 0) is 24.7 Å². The summed E-state index contributed by atoms with van der Waals surface area (Å²) < 4.78 is 13.5. The maximum absolute atomic E-state index is 13.5. The summed E-state index contributed by atoms with van der Waals surface area (Å²) in [6.07, 6.45) is 0.395. The van der Waals surface area contributed by atoms with Gasteiger partial charge in [-0.1, -0.05) is 12.1 Å². The minimum Gasteiger partial charge on any atom is -0.481 e. The fraction of sp³-hybridized carbons (Fsp3) is 0.579. The molecule has 1 aromatic rings. The van der Waals surface area contributed by atoms with Crippen molar-refractivity contribution in [1.29, 1.82) is 0 Å². The molecule has 26 heavy (non-hydrogen) atoms. The van der Waals surface area contributed by atoms with Crippen LogP contribution >= 0.6 is 0 Å². The van der Waals surface area contributed by atoms with Crippen LogP contribution in [-0.4, -0.2) is 84.5 Å². The number of hydrogen-bond acceptors (Lipinski definition) is 4. The number of amides is 1. The molecule has 1 aromatic carbocycles. The van der Waals surface area contributed by atoms with Gasteiger partial charge in [-0.3, -0.25) is 9.59 Å². The quantitative estimate of drug-likeness (QED) is 0.849. The standard InChI is InChI=1S/C19H26FN3O3/c1-21-7-9-22(10-8-21)6-5-18(24)23-12-16(17(13-23)19(25)26)14-3-2-4-15(20)11-14/h2-4,11,16-17H,5-10,12-13H2,1H3,(H,25,26)/t16-,17+/m0/s1. The molecular formula is C19H26FN3O3. The lowest BCUT2D eigenvalue weighted by Crippen LogP contribution is -2.45. The highest BCUT2D eigenvalue weighted by Gasteiger charge is 2.40. The van der Waals surface area contributed by atoms with Gasteiger partial charge < -0.3 is 19.8 Å². The van der Waals surface area contributed by atoms with Gasteiger partial charge >= 0.3 is 5.97 Å². The van der Waals surface area contributed by atoms with Crippen LogP contribution in [0.2, 0.25) is 0 Å². The van der Waals surface area contributed by atoms with Crippen LogP contribution in [0.5, 0.6) is 0 Å². The molecule has 0 saturated carbocycles. The third kappa shape index (κ3) is 4.40. The molecule has 0 radical (unpaired) electrons. The molecule has 2 fully saturated rings. The lowest BCUT2D eigenvalue weighted by molar-refractivity contribution is -0.141. The summed E-state index contributed by atoms with van der Waals surface area (Å²) in [5.41, 5.74) is 0.645. The molecule has 0 aromatic heterocycles. The Kier molecular flexibility index (Phi) is 5.88. The van der Waals surface area contributed by atoms with Gasteiger partial charge in [-0.25, -0.2) is 4.39 Å². The van der Waals surface area contributed by atoms with Crippen LogP contribution in [-0.2, 0) is 9.59 Å². The first-order valence-corrected chi connectivity index (χ1v) is 9.11. The largest absolute Gasteiger partial charge is 0.481 e. The zero-order valence-corrected chi connectivity index (χ0v) is 15.1. The molecular weight excluding hydrogens is 337 g/mol. The van der Waals surface area contributed by atoms with Crippen molar-refractivity contribution in [2.24, 2.45) is 5.92 Å². The molecule has 1 amide bonds. The molecule has 0 bridgehead atoms. The SMILES string of the molecule is CN1CCN(CCC(=O)N2C[C@@H](C(=O)O)[C@H](c3cccc(F)c3)C2)CC1. The fourth-order valence-corrected chi connectivity index (χ4v) is 3.82. The number of likely N-dealkylation sites (tertiary alicyclic amines) is 1. The number of hydrogen-bond donors (Lipinski definition) is 1. The van der Waals surface area contributed by atoms with Gasteiger partial charge in [0.1, 0.15) is 5.82 Å². The Bertz CT molecular complexity index is 661. The number of carboxylic acids is 1. The average molecular weight is 363 g/mol. The lowest BCUT2D eigenvalue weighted by Gasteiger charge is -2.32. The van der Waals surface area contributed by atoms with Crippen LogP contribution < -0.4 is 0 Å². The first-order valence-electron chi connectivity index (χ1n) is 9.11. The van der Waals surface area contributed by atoms with E-state index < -0.39 is 11.9 Å². The molecule has 2 heterocycles. The van der Waals surface area contributed by atoms with E-state index >= 15 is 0 Å². The number of aliphatic carboxylic acids is 1. The molecule has 0 unspecified atom stereocenters. The molecule has 6 nitrogen and oxygen atoms in total. The van der Waals surface area contributed by atoms with Crippen LogP contribution in [0.4, 0.5) is 4.39 Å². The van der Waals surface area contributed by atoms with Gasteiger partial charge in [0.25, 0.3) is 0 Å². The molecule has 2 saturated heterocycles. The third-order valence-corrected chi connectivity index (χ3v) is 5.50. The first-order chi connectivity index (χ1) is 12.4. The molecule has 2 aliphatic rings. The van der Waals surface area contributed by atoms with Gasteiger partial charge in [0.15, 0.2) is 0 Å². The van der Waals surface area contributed by atoms with Crippen molar-refractivity contribution in [2.75, 3.05) is 52.9 Å². The Morgan fingerprint density at radius 1 is 1.19 bits per heavy atom. The number of benzene rings is 1. The summed E-state index contributed by atoms with van der Waals surface area (Å²) in [5.74, 6) is -2.39. The Morgan fingerprint density at radius 3 is 2.58 bits per heavy atom. The summed E-state index contributed by atoms with van der Waals surface area (Å²) in [6.45, 7) is 5.13. The smallest absolute Gasteiger partial charge is 0.308 e. The third-order valence-electron chi connectivity index (χ3n) is 5.50. The minimum atomic E-state index is -0.936. The Hall–Kier alpha value is -1.99. The van der Waals surface area contributed by atoms with E-state index in [0.717, 1.165) is 26.2 Å². The second kappa shape index (κ2) is 8.14. The number of halogens is 1. The van der Waals surface area contributed by atoms with Gasteiger partial charge in [-0.2, -0.15) is 0 Å². The normalized spacial score (nSPS) is 24.8. The Balaban J connectivity index is 1.60. The molecule has 142 valence electrons. The zero-order valence-electron chi connectivity index (χ0n) is 15.1. The maximum Gasteiger partial charge on any atom is 0.308 e. The van der Waals surface area contributed by atoms with Gasteiger partial charge in [-0.15, -0.1) is 0 Å². The van der Waals surface area contributed by atoms with Crippen molar-refractivity contribution in [3.63, 3.8) is 0 Å². The fourth-order valence-electron chi connectivity index (χ4n) is 3.82. The average Bonchev–Trinajstić information content (AvgIpc) is 3.07. The molecule has 2 aliphatic heterocycles. The topological polar surface area (TPSA) is 64.1 Å². The molecule has 2 atom stereocenters. The number of likely N-dealkylation sites (N-methyl/N-ethyl adjacent to an activating group) is 1. The van der Waals surface area contributed by atoms with Crippen LogP contribution in [0.1, 0.15) is 17.9 Å². The predicted octanol–water partition coefficient (Wildman–Crippen LogP) is 1.09. The number of carbonyl (C=O) groups is 2. The lowest BCUT2D eigenvalue weighted by atomic mass is 9.89. The highest BCUT2D eigenvalue weighted by atomic mass is 19.1. The first kappa shape index (κ1) is 18.8. The molecule has 0 spiro atoms. The second-order valence-electron chi connectivity index (χ2n) is 7.30. The van der Waals surface area contributed by atoms with E-state index in [0.29, 0.717) is 25.1 Å². The summed E-state index contributed by atoms with van der Waals surface area (Å²) >= 11 is 0. The van der Waals surface area contributed by atoms with Gasteiger partial charge in [0.05, 0.1) is 5.92 Å². The number of nitrogens with zero attached hydrogens (tertiary/aromatic N) is 3. The van der Waals surface area contributed by atoms with Crippen molar-refractivity contribution >= 4 is 11.9 Å². The van der Waals surface area contributed by atoms with Crippen molar-refractivity contribution in [3.8, 4) is 0 Å². The Morgan fingerprint density at radius 2 is 1.92 bits per heavy atom. The van der Waals surface area contributed by atoms with E-state index in [4.69, 9.17) is 0 Å². The van der Waals surface area contributed by atoms with E-state index in [9.17, 15) is 19.1 Å². The van der Waals surface area contributed by atoms with E-state index in [1.54, 1.807) is 17.0 Å². The van der Waals surface area contributed by atoms with Crippen molar-refractivity contribution < 1.29 is 19.1 Å². The van der Waals surface area contributed by atoms with E-state index in [-0.39, 0.29) is 24.2 Å². The second-order valence-corrected chi connectivity index (χ2v) is 7.30. The van der Waals surface area contributed by atoms with Crippen LogP contribution in [0.3, 0.4) is 0 Å². The predicted molar refractivity (Wildman–Crippen MR) is 95.4 cm³/mol. The van der Waals surface area contributed by atoms with E-state index in [1.807, 2.05) is 0 Å². The molecule has 7 heteroatoms. The van der Waals surface area contributed by atoms with Crippen LogP contribution in [0.25, 0.3) is 0 Å². The highest BCUT2D eigenvalue weighted by Crippen LogP contribution is 2.33. The highest BCUT2D eigenvalue weighted by molar-refractivity contribution is 5.79. The van der Waals surface area contributed by atoms with Crippen LogP contribution in [0.15, 0.2) is 24.3 Å². The number of piperazine rings is 1. The zero-order chi connectivity index (χ0) is 18.7. The summed E-state index contributed by atoms with van der Waals surface area (Å²) in [5, 5.41) is 9.53. The molecule has 1 N–H and O–H groups in total. The summed E-state index contributed by atoms with van der Waals surface area (Å²) in [4.78, 5) is 30.4. The Labute approximate surface area is 153 Å². The van der Waals surface area contributed by atoms with Crippen molar-refractivity contribution in [3.05, 3.63) is 35.6 Å². The van der Waals surface area contributed by atoms with Crippen molar-refractivity contribution in [2.45, 2.75) is 12.3 Å². The van der Waals surface area contributed by atoms with Gasteiger partial charge in [0.2, 0.25) is 5.91 Å².